The second-order valence-electron chi connectivity index (χ2n) is 7.39. The molecule has 1 saturated heterocycles. The van der Waals surface area contributed by atoms with Crippen molar-refractivity contribution in [3.8, 4) is 0 Å². The first-order valence-corrected chi connectivity index (χ1v) is 11.1. The molecule has 8 nitrogen and oxygen atoms in total. The van der Waals surface area contributed by atoms with Gasteiger partial charge in [0.05, 0.1) is 30.5 Å². The van der Waals surface area contributed by atoms with Crippen LogP contribution < -0.4 is 4.90 Å². The first kappa shape index (κ1) is 22.1. The number of para-hydroxylation sites is 1. The lowest BCUT2D eigenvalue weighted by atomic mass is 9.97. The molecule has 1 fully saturated rings. The molecule has 0 N–H and O–H groups in total. The van der Waals surface area contributed by atoms with E-state index in [4.69, 9.17) is 4.74 Å². The summed E-state index contributed by atoms with van der Waals surface area (Å²) in [4.78, 5) is 55.0. The van der Waals surface area contributed by atoms with Gasteiger partial charge in [0.25, 0.3) is 0 Å². The number of thioether (sulfide) groups is 1. The van der Waals surface area contributed by atoms with Gasteiger partial charge in [0.1, 0.15) is 6.54 Å². The molecule has 2 aliphatic heterocycles. The van der Waals surface area contributed by atoms with Gasteiger partial charge in [-0.05, 0) is 31.9 Å². The molecule has 162 valence electrons. The van der Waals surface area contributed by atoms with Crippen molar-refractivity contribution in [1.82, 2.24) is 9.80 Å². The first-order chi connectivity index (χ1) is 14.4. The molecule has 3 amide bonds. The monoisotopic (exact) mass is 433 g/mol. The van der Waals surface area contributed by atoms with Crippen molar-refractivity contribution in [2.24, 2.45) is 5.92 Å². The summed E-state index contributed by atoms with van der Waals surface area (Å²) in [5, 5.41) is 0. The summed E-state index contributed by atoms with van der Waals surface area (Å²) < 4.78 is 5.05. The lowest BCUT2D eigenvalue weighted by Gasteiger charge is -2.33. The van der Waals surface area contributed by atoms with Crippen LogP contribution >= 0.6 is 11.8 Å². The van der Waals surface area contributed by atoms with Gasteiger partial charge in [-0.3, -0.25) is 19.2 Å². The SMILES string of the molecule is CCOC(=O)C1CCN(C(=O)CN(C)C(=O)CN2C(=O)CSc3ccccc32)CC1. The van der Waals surface area contributed by atoms with E-state index in [-0.39, 0.29) is 42.7 Å². The minimum Gasteiger partial charge on any atom is -0.466 e. The second-order valence-corrected chi connectivity index (χ2v) is 8.41. The Labute approximate surface area is 180 Å². The van der Waals surface area contributed by atoms with Crippen LogP contribution in [0.15, 0.2) is 29.2 Å². The van der Waals surface area contributed by atoms with Gasteiger partial charge in [-0.2, -0.15) is 0 Å². The highest BCUT2D eigenvalue weighted by Gasteiger charge is 2.30. The van der Waals surface area contributed by atoms with Crippen LogP contribution in [0.2, 0.25) is 0 Å². The van der Waals surface area contributed by atoms with E-state index in [1.54, 1.807) is 18.9 Å². The minimum absolute atomic E-state index is 0.0542. The van der Waals surface area contributed by atoms with Crippen LogP contribution in [0.3, 0.4) is 0 Å². The average Bonchev–Trinajstić information content (AvgIpc) is 2.75. The number of nitrogens with zero attached hydrogens (tertiary/aromatic N) is 3. The van der Waals surface area contributed by atoms with Crippen molar-refractivity contribution < 1.29 is 23.9 Å². The van der Waals surface area contributed by atoms with E-state index < -0.39 is 0 Å². The number of ether oxygens (including phenoxy) is 1. The topological polar surface area (TPSA) is 87.2 Å². The number of likely N-dealkylation sites (N-methyl/N-ethyl adjacent to an activating group) is 1. The fourth-order valence-electron chi connectivity index (χ4n) is 3.60. The molecule has 0 aromatic heterocycles. The average molecular weight is 434 g/mol. The van der Waals surface area contributed by atoms with Gasteiger partial charge in [0.15, 0.2) is 0 Å². The summed E-state index contributed by atoms with van der Waals surface area (Å²) in [5.74, 6) is -0.651. The van der Waals surface area contributed by atoms with Gasteiger partial charge in [0, 0.05) is 25.0 Å². The molecule has 0 spiro atoms. The summed E-state index contributed by atoms with van der Waals surface area (Å²) in [6, 6.07) is 7.49. The number of esters is 1. The smallest absolute Gasteiger partial charge is 0.309 e. The Bertz CT molecular complexity index is 823. The largest absolute Gasteiger partial charge is 0.466 e. The van der Waals surface area contributed by atoms with Crippen molar-refractivity contribution in [2.45, 2.75) is 24.7 Å². The molecule has 30 heavy (non-hydrogen) atoms. The van der Waals surface area contributed by atoms with Crippen molar-refractivity contribution in [3.63, 3.8) is 0 Å². The molecular weight excluding hydrogens is 406 g/mol. The Balaban J connectivity index is 1.52. The molecule has 0 atom stereocenters. The fraction of sp³-hybridized carbons (Fsp3) is 0.524. The maximum absolute atomic E-state index is 12.7. The Hall–Kier alpha value is -2.55. The lowest BCUT2D eigenvalue weighted by Crippen LogP contribution is -2.48. The number of carbonyl (C=O) groups excluding carboxylic acids is 4. The molecule has 2 aliphatic rings. The number of likely N-dealkylation sites (tertiary alicyclic amines) is 1. The predicted molar refractivity (Wildman–Crippen MR) is 113 cm³/mol. The fourth-order valence-corrected chi connectivity index (χ4v) is 4.53. The van der Waals surface area contributed by atoms with Crippen LogP contribution in [-0.4, -0.2) is 79.1 Å². The third-order valence-electron chi connectivity index (χ3n) is 5.37. The molecule has 1 aromatic rings. The van der Waals surface area contributed by atoms with Crippen LogP contribution in [0.4, 0.5) is 5.69 Å². The second kappa shape index (κ2) is 9.97. The van der Waals surface area contributed by atoms with E-state index in [9.17, 15) is 19.2 Å². The Morgan fingerprint density at radius 1 is 1.20 bits per heavy atom. The Kier molecular flexibility index (Phi) is 7.36. The van der Waals surface area contributed by atoms with Gasteiger partial charge in [0.2, 0.25) is 17.7 Å². The van der Waals surface area contributed by atoms with Gasteiger partial charge >= 0.3 is 5.97 Å². The zero-order valence-corrected chi connectivity index (χ0v) is 18.2. The lowest BCUT2D eigenvalue weighted by molar-refractivity contribution is -0.151. The number of carbonyl (C=O) groups is 4. The number of benzene rings is 1. The molecule has 2 heterocycles. The van der Waals surface area contributed by atoms with Crippen LogP contribution in [0.5, 0.6) is 0 Å². The Morgan fingerprint density at radius 3 is 2.60 bits per heavy atom. The third-order valence-corrected chi connectivity index (χ3v) is 6.41. The zero-order chi connectivity index (χ0) is 21.7. The minimum atomic E-state index is -0.292. The number of hydrogen-bond acceptors (Lipinski definition) is 6. The van der Waals surface area contributed by atoms with Crippen molar-refractivity contribution in [2.75, 3.05) is 50.5 Å². The molecule has 1 aromatic carbocycles. The zero-order valence-electron chi connectivity index (χ0n) is 17.3. The molecule has 0 radical (unpaired) electrons. The first-order valence-electron chi connectivity index (χ1n) is 10.1. The molecule has 0 bridgehead atoms. The number of rotatable bonds is 6. The standard InChI is InChI=1S/C21H27N3O5S/c1-3-29-21(28)15-8-10-23(11-9-15)19(26)12-22(2)18(25)13-24-16-6-4-5-7-17(16)30-14-20(24)27/h4-7,15H,3,8-14H2,1-2H3. The van der Waals surface area contributed by atoms with Crippen molar-refractivity contribution in [3.05, 3.63) is 24.3 Å². The van der Waals surface area contributed by atoms with Crippen LogP contribution in [0.25, 0.3) is 0 Å². The highest BCUT2D eigenvalue weighted by atomic mass is 32.2. The number of piperidine rings is 1. The van der Waals surface area contributed by atoms with E-state index in [2.05, 4.69) is 0 Å². The molecule has 3 rings (SSSR count). The van der Waals surface area contributed by atoms with Crippen molar-refractivity contribution >= 4 is 41.1 Å². The molecular formula is C21H27N3O5S. The normalized spacial score (nSPS) is 16.8. The molecule has 0 aliphatic carbocycles. The quantitative estimate of drug-likeness (QED) is 0.630. The van der Waals surface area contributed by atoms with Crippen LogP contribution in [-0.2, 0) is 23.9 Å². The summed E-state index contributed by atoms with van der Waals surface area (Å²) in [5.41, 5.74) is 0.730. The molecule has 0 unspecified atom stereocenters. The van der Waals surface area contributed by atoms with E-state index in [0.717, 1.165) is 10.6 Å². The predicted octanol–water partition coefficient (Wildman–Crippen LogP) is 1.39. The van der Waals surface area contributed by atoms with Gasteiger partial charge < -0.3 is 19.4 Å². The van der Waals surface area contributed by atoms with Gasteiger partial charge in [-0.1, -0.05) is 12.1 Å². The summed E-state index contributed by atoms with van der Waals surface area (Å²) in [6.07, 6.45) is 1.14. The number of hydrogen-bond donors (Lipinski definition) is 0. The van der Waals surface area contributed by atoms with Crippen molar-refractivity contribution in [1.29, 1.82) is 0 Å². The maximum atomic E-state index is 12.7. The Morgan fingerprint density at radius 2 is 1.90 bits per heavy atom. The third kappa shape index (κ3) is 5.13. The summed E-state index contributed by atoms with van der Waals surface area (Å²) in [6.45, 7) is 2.93. The number of fused-ring (bicyclic) bond motifs is 1. The van der Waals surface area contributed by atoms with E-state index in [1.807, 2.05) is 24.3 Å². The number of amides is 3. The van der Waals surface area contributed by atoms with Crippen LogP contribution in [0.1, 0.15) is 19.8 Å². The van der Waals surface area contributed by atoms with Crippen LogP contribution in [0, 0.1) is 5.92 Å². The molecule has 0 saturated carbocycles. The van der Waals surface area contributed by atoms with E-state index in [0.29, 0.717) is 38.3 Å². The van der Waals surface area contributed by atoms with E-state index >= 15 is 0 Å². The summed E-state index contributed by atoms with van der Waals surface area (Å²) in [7, 11) is 1.57. The summed E-state index contributed by atoms with van der Waals surface area (Å²) >= 11 is 1.46. The highest BCUT2D eigenvalue weighted by Crippen LogP contribution is 2.34. The van der Waals surface area contributed by atoms with Gasteiger partial charge in [-0.15, -0.1) is 11.8 Å². The van der Waals surface area contributed by atoms with E-state index in [1.165, 1.54) is 21.6 Å². The molecule has 9 heteroatoms. The highest BCUT2D eigenvalue weighted by molar-refractivity contribution is 8.00. The number of anilines is 1. The van der Waals surface area contributed by atoms with Gasteiger partial charge in [-0.25, -0.2) is 0 Å². The maximum Gasteiger partial charge on any atom is 0.309 e.